The smallest absolute Gasteiger partial charge is 0.410 e. The summed E-state index contributed by atoms with van der Waals surface area (Å²) in [6.07, 6.45) is 1.33. The van der Waals surface area contributed by atoms with Crippen LogP contribution in [0.5, 0.6) is 5.75 Å². The molecule has 33 heavy (non-hydrogen) atoms. The van der Waals surface area contributed by atoms with Gasteiger partial charge >= 0.3 is 6.09 Å². The molecule has 168 valence electrons. The number of rotatable bonds is 6. The molecule has 0 spiro atoms. The Balaban J connectivity index is 1.79. The molecule has 0 aliphatic carbocycles. The number of fused-ring (bicyclic) bond motifs is 1. The third-order valence-electron chi connectivity index (χ3n) is 4.89. The number of pyridine rings is 1. The maximum atomic E-state index is 13.7. The highest BCUT2D eigenvalue weighted by atomic mass is 19.1. The average molecular weight is 450 g/mol. The molecule has 4 aromatic rings. The van der Waals surface area contributed by atoms with Crippen molar-refractivity contribution < 1.29 is 24.2 Å². The Kier molecular flexibility index (Phi) is 5.87. The van der Waals surface area contributed by atoms with E-state index < -0.39 is 18.0 Å². The fourth-order valence-electron chi connectivity index (χ4n) is 3.38. The Hall–Kier alpha value is -4.51. The van der Waals surface area contributed by atoms with Gasteiger partial charge in [0.25, 0.3) is 0 Å². The fraction of sp³-hybridized carbons (Fsp3) is 0.0909. The first-order valence-electron chi connectivity index (χ1n) is 9.75. The van der Waals surface area contributed by atoms with Crippen LogP contribution >= 0.6 is 0 Å². The number of ether oxygens (including phenoxy) is 1. The number of anilines is 1. The highest BCUT2D eigenvalue weighted by molar-refractivity contribution is 5.96. The van der Waals surface area contributed by atoms with E-state index in [2.05, 4.69) is 15.4 Å². The van der Waals surface area contributed by atoms with E-state index in [0.717, 1.165) is 0 Å². The summed E-state index contributed by atoms with van der Waals surface area (Å²) in [4.78, 5) is 15.6. The van der Waals surface area contributed by atoms with Crippen molar-refractivity contribution >= 4 is 28.6 Å². The monoisotopic (exact) mass is 450 g/mol. The first-order valence-corrected chi connectivity index (χ1v) is 9.75. The fourth-order valence-corrected chi connectivity index (χ4v) is 3.38. The van der Waals surface area contributed by atoms with Gasteiger partial charge in [-0.05, 0) is 55.5 Å². The number of hydrogen-bond acceptors (Lipinski definition) is 6. The molecule has 4 rings (SSSR count). The molecule has 0 saturated carbocycles. The lowest BCUT2D eigenvalue weighted by atomic mass is 10.0. The van der Waals surface area contributed by atoms with E-state index in [1.165, 1.54) is 24.3 Å². The van der Waals surface area contributed by atoms with Crippen molar-refractivity contribution in [2.24, 2.45) is 0 Å². The van der Waals surface area contributed by atoms with Crippen LogP contribution in [0, 0.1) is 11.2 Å². The molecule has 2 heterocycles. The number of carboxylic acid groups (broad SMARTS) is 1. The second-order valence-corrected chi connectivity index (χ2v) is 7.07. The highest BCUT2D eigenvalue weighted by Gasteiger charge is 2.20. The van der Waals surface area contributed by atoms with Crippen LogP contribution < -0.4 is 15.5 Å². The Morgan fingerprint density at radius 3 is 2.76 bits per heavy atom. The van der Waals surface area contributed by atoms with Gasteiger partial charge in [0.2, 0.25) is 0 Å². The predicted octanol–water partition coefficient (Wildman–Crippen LogP) is 4.09. The number of halogens is 1. The Morgan fingerprint density at radius 1 is 1.24 bits per heavy atom. The van der Waals surface area contributed by atoms with E-state index in [4.69, 9.17) is 15.4 Å². The van der Waals surface area contributed by atoms with Gasteiger partial charge in [0, 0.05) is 28.9 Å². The number of aromatic nitrogens is 3. The molecule has 0 bridgehead atoms. The quantitative estimate of drug-likeness (QED) is 0.169. The van der Waals surface area contributed by atoms with Crippen molar-refractivity contribution in [1.29, 1.82) is 5.41 Å². The summed E-state index contributed by atoms with van der Waals surface area (Å²) in [6.45, 7) is 1.72. The zero-order chi connectivity index (χ0) is 23.5. The number of carbonyl (C=O) groups is 1. The van der Waals surface area contributed by atoms with Crippen LogP contribution in [0.3, 0.4) is 0 Å². The van der Waals surface area contributed by atoms with Crippen molar-refractivity contribution in [3.05, 3.63) is 77.9 Å². The van der Waals surface area contributed by atoms with E-state index in [9.17, 15) is 14.3 Å². The van der Waals surface area contributed by atoms with E-state index in [-0.39, 0.29) is 17.4 Å². The second-order valence-electron chi connectivity index (χ2n) is 7.07. The molecule has 1 amide bonds. The van der Waals surface area contributed by atoms with Crippen LogP contribution in [0.25, 0.3) is 16.6 Å². The van der Waals surface area contributed by atoms with Crippen LogP contribution in [0.4, 0.5) is 15.0 Å². The summed E-state index contributed by atoms with van der Waals surface area (Å²) in [5.74, 6) is -0.636. The first-order chi connectivity index (χ1) is 15.9. The lowest BCUT2D eigenvalue weighted by Gasteiger charge is -2.21. The topological polar surface area (TPSA) is 145 Å². The third-order valence-corrected chi connectivity index (χ3v) is 4.89. The molecule has 0 aliphatic rings. The molecule has 2 aromatic heterocycles. The maximum absolute atomic E-state index is 13.7. The number of hydrogen-bond donors (Lipinski definition) is 5. The number of nitrogens with one attached hydrogen (secondary N) is 3. The lowest BCUT2D eigenvalue weighted by Crippen LogP contribution is -2.20. The molecule has 0 aliphatic heterocycles. The molecule has 0 saturated heterocycles. The van der Waals surface area contributed by atoms with E-state index >= 15 is 0 Å². The molecule has 0 fully saturated rings. The van der Waals surface area contributed by atoms with Crippen LogP contribution in [0.15, 0.2) is 60.9 Å². The van der Waals surface area contributed by atoms with Crippen molar-refractivity contribution in [2.75, 3.05) is 5.32 Å². The molecular weight excluding hydrogens is 431 g/mol. The van der Waals surface area contributed by atoms with Crippen molar-refractivity contribution in [3.63, 3.8) is 0 Å². The normalized spacial score (nSPS) is 11.7. The Bertz CT molecular complexity index is 1340. The summed E-state index contributed by atoms with van der Waals surface area (Å²) >= 11 is 0. The van der Waals surface area contributed by atoms with E-state index in [0.29, 0.717) is 27.7 Å². The number of hydroxylamine groups is 1. The summed E-state index contributed by atoms with van der Waals surface area (Å²) in [5, 5.41) is 33.1. The van der Waals surface area contributed by atoms with Gasteiger partial charge in [0.15, 0.2) is 11.6 Å². The van der Waals surface area contributed by atoms with Crippen LogP contribution in [0.1, 0.15) is 24.2 Å². The lowest BCUT2D eigenvalue weighted by molar-refractivity contribution is 0.208. The summed E-state index contributed by atoms with van der Waals surface area (Å²) in [6, 6.07) is 12.2. The SMILES string of the molecule is CC(Oc1cc2cc(F)ccc2nc1NC(=O)O)c1cc(C(=N)NO)ccc1-n1cccn1. The standard InChI is InChI=1S/C22H19FN6O4/c1-12(16-10-13(20(24)28-32)3-6-18(16)29-8-2-7-25-29)33-19-11-14-9-15(23)4-5-17(14)26-21(19)27-22(30)31/h2-12,32H,1H3,(H2,24,28)(H,26,27)(H,30,31). The van der Waals surface area contributed by atoms with E-state index in [1.54, 1.807) is 53.7 Å². The summed E-state index contributed by atoms with van der Waals surface area (Å²) in [5.41, 5.74) is 3.83. The van der Waals surface area contributed by atoms with Gasteiger partial charge in [-0.3, -0.25) is 21.4 Å². The van der Waals surface area contributed by atoms with Gasteiger partial charge in [0.1, 0.15) is 17.8 Å². The van der Waals surface area contributed by atoms with Crippen LogP contribution in [0.2, 0.25) is 0 Å². The average Bonchev–Trinajstić information content (AvgIpc) is 3.33. The zero-order valence-corrected chi connectivity index (χ0v) is 17.3. The van der Waals surface area contributed by atoms with Gasteiger partial charge in [0.05, 0.1) is 11.2 Å². The van der Waals surface area contributed by atoms with Crippen LogP contribution in [-0.2, 0) is 0 Å². The summed E-state index contributed by atoms with van der Waals surface area (Å²) < 4.78 is 21.4. The van der Waals surface area contributed by atoms with Crippen molar-refractivity contribution in [3.8, 4) is 11.4 Å². The third kappa shape index (κ3) is 4.57. The predicted molar refractivity (Wildman–Crippen MR) is 118 cm³/mol. The minimum absolute atomic E-state index is 0.0463. The molecule has 2 aromatic carbocycles. The Labute approximate surface area is 186 Å². The van der Waals surface area contributed by atoms with Gasteiger partial charge in [-0.2, -0.15) is 5.10 Å². The zero-order valence-electron chi connectivity index (χ0n) is 17.3. The van der Waals surface area contributed by atoms with Gasteiger partial charge in [-0.1, -0.05) is 0 Å². The molecule has 11 heteroatoms. The largest absolute Gasteiger partial charge is 0.482 e. The number of benzene rings is 2. The molecule has 1 unspecified atom stereocenters. The van der Waals surface area contributed by atoms with Gasteiger partial charge < -0.3 is 9.84 Å². The maximum Gasteiger partial charge on any atom is 0.410 e. The van der Waals surface area contributed by atoms with Gasteiger partial charge in [-0.15, -0.1) is 0 Å². The second kappa shape index (κ2) is 8.93. The number of amidine groups is 1. The Morgan fingerprint density at radius 2 is 2.06 bits per heavy atom. The summed E-state index contributed by atoms with van der Waals surface area (Å²) in [7, 11) is 0. The first kappa shape index (κ1) is 21.7. The molecule has 0 radical (unpaired) electrons. The highest BCUT2D eigenvalue weighted by Crippen LogP contribution is 2.33. The minimum Gasteiger partial charge on any atom is -0.482 e. The van der Waals surface area contributed by atoms with Crippen molar-refractivity contribution in [1.82, 2.24) is 20.2 Å². The molecular formula is C22H19FN6O4. The number of amides is 1. The van der Waals surface area contributed by atoms with Crippen molar-refractivity contribution in [2.45, 2.75) is 13.0 Å². The molecule has 5 N–H and O–H groups in total. The molecule has 10 nitrogen and oxygen atoms in total. The minimum atomic E-state index is -1.33. The van der Waals surface area contributed by atoms with Gasteiger partial charge in [-0.25, -0.2) is 18.9 Å². The number of nitrogens with zero attached hydrogens (tertiary/aromatic N) is 3. The van der Waals surface area contributed by atoms with E-state index in [1.807, 2.05) is 0 Å². The van der Waals surface area contributed by atoms with Crippen LogP contribution in [-0.4, -0.2) is 37.0 Å². The molecule has 1 atom stereocenters.